The highest BCUT2D eigenvalue weighted by Crippen LogP contribution is 2.27. The van der Waals surface area contributed by atoms with Crippen LogP contribution in [-0.2, 0) is 6.42 Å². The predicted octanol–water partition coefficient (Wildman–Crippen LogP) is 1.84. The molecule has 20 heavy (non-hydrogen) atoms. The van der Waals surface area contributed by atoms with Gasteiger partial charge in [0.05, 0.1) is 5.69 Å². The van der Waals surface area contributed by atoms with E-state index in [-0.39, 0.29) is 5.91 Å². The molecule has 3 rings (SSSR count). The van der Waals surface area contributed by atoms with Crippen molar-refractivity contribution in [2.24, 2.45) is 0 Å². The minimum Gasteiger partial charge on any atom is -0.337 e. The Balaban J connectivity index is 1.75. The molecule has 6 nitrogen and oxygen atoms in total. The third kappa shape index (κ3) is 2.45. The number of aryl methyl sites for hydroxylation is 1. The second-order valence-electron chi connectivity index (χ2n) is 5.00. The molecular formula is C13H17N5OS. The van der Waals surface area contributed by atoms with E-state index >= 15 is 0 Å². The van der Waals surface area contributed by atoms with Gasteiger partial charge in [-0.3, -0.25) is 9.89 Å². The Bertz CT molecular complexity index is 579. The van der Waals surface area contributed by atoms with Crippen LogP contribution in [0.3, 0.4) is 0 Å². The molecule has 2 aromatic heterocycles. The summed E-state index contributed by atoms with van der Waals surface area (Å²) in [7, 11) is 0. The summed E-state index contributed by atoms with van der Waals surface area (Å²) in [5.74, 6) is 0.419. The number of carbonyl (C=O) groups is 1. The fourth-order valence-electron chi connectivity index (χ4n) is 2.66. The molecule has 0 aliphatic carbocycles. The summed E-state index contributed by atoms with van der Waals surface area (Å²) in [5, 5.41) is 11.0. The minimum atomic E-state index is 0.0704. The van der Waals surface area contributed by atoms with Crippen molar-refractivity contribution in [3.63, 3.8) is 0 Å². The van der Waals surface area contributed by atoms with E-state index in [2.05, 4.69) is 19.8 Å². The van der Waals surface area contributed by atoms with Gasteiger partial charge in [0.1, 0.15) is 4.88 Å². The van der Waals surface area contributed by atoms with E-state index in [1.165, 1.54) is 11.5 Å². The van der Waals surface area contributed by atoms with Crippen LogP contribution in [0.5, 0.6) is 0 Å². The van der Waals surface area contributed by atoms with E-state index in [0.29, 0.717) is 10.8 Å². The molecule has 1 fully saturated rings. The summed E-state index contributed by atoms with van der Waals surface area (Å²) >= 11 is 1.20. The quantitative estimate of drug-likeness (QED) is 0.936. The lowest BCUT2D eigenvalue weighted by Crippen LogP contribution is -2.39. The molecule has 1 atom stereocenters. The maximum Gasteiger partial charge on any atom is 0.267 e. The van der Waals surface area contributed by atoms with E-state index in [1.807, 2.05) is 17.9 Å². The molecule has 0 saturated carbocycles. The number of rotatable bonds is 3. The van der Waals surface area contributed by atoms with Gasteiger partial charge in [0.25, 0.3) is 5.91 Å². The number of piperidine rings is 1. The highest BCUT2D eigenvalue weighted by atomic mass is 32.1. The van der Waals surface area contributed by atoms with Gasteiger partial charge in [0, 0.05) is 30.9 Å². The topological polar surface area (TPSA) is 74.8 Å². The fourth-order valence-corrected chi connectivity index (χ4v) is 3.37. The number of nitrogens with zero attached hydrogens (tertiary/aromatic N) is 4. The monoisotopic (exact) mass is 291 g/mol. The van der Waals surface area contributed by atoms with Crippen LogP contribution in [0.15, 0.2) is 12.3 Å². The van der Waals surface area contributed by atoms with Gasteiger partial charge in [0.2, 0.25) is 0 Å². The van der Waals surface area contributed by atoms with Crippen LogP contribution in [0.2, 0.25) is 0 Å². The number of likely N-dealkylation sites (tertiary alicyclic amines) is 1. The van der Waals surface area contributed by atoms with Crippen molar-refractivity contribution in [3.8, 4) is 0 Å². The van der Waals surface area contributed by atoms with Gasteiger partial charge in [-0.05, 0) is 36.9 Å². The predicted molar refractivity (Wildman–Crippen MR) is 75.8 cm³/mol. The average Bonchev–Trinajstić information content (AvgIpc) is 3.17. The van der Waals surface area contributed by atoms with E-state index in [9.17, 15) is 4.79 Å². The Hall–Kier alpha value is -1.76. The number of aromatic nitrogens is 4. The van der Waals surface area contributed by atoms with Crippen LogP contribution in [-0.4, -0.2) is 43.7 Å². The molecule has 1 aliphatic heterocycles. The smallest absolute Gasteiger partial charge is 0.267 e. The second-order valence-corrected chi connectivity index (χ2v) is 5.76. The fraction of sp³-hybridized carbons (Fsp3) is 0.538. The van der Waals surface area contributed by atoms with Crippen molar-refractivity contribution in [1.82, 2.24) is 24.7 Å². The number of aromatic amines is 1. The summed E-state index contributed by atoms with van der Waals surface area (Å²) in [6, 6.07) is 1.99. The molecule has 106 valence electrons. The van der Waals surface area contributed by atoms with Crippen molar-refractivity contribution in [2.75, 3.05) is 13.1 Å². The molecule has 0 unspecified atom stereocenters. The molecule has 1 aliphatic rings. The van der Waals surface area contributed by atoms with Crippen molar-refractivity contribution in [2.45, 2.75) is 32.1 Å². The number of H-pyrrole nitrogens is 1. The summed E-state index contributed by atoms with van der Waals surface area (Å²) in [4.78, 5) is 15.2. The van der Waals surface area contributed by atoms with E-state index in [4.69, 9.17) is 0 Å². The van der Waals surface area contributed by atoms with Crippen LogP contribution < -0.4 is 0 Å². The molecule has 7 heteroatoms. The van der Waals surface area contributed by atoms with E-state index in [0.717, 1.165) is 43.7 Å². The zero-order valence-electron chi connectivity index (χ0n) is 11.4. The van der Waals surface area contributed by atoms with Gasteiger partial charge in [0.15, 0.2) is 0 Å². The van der Waals surface area contributed by atoms with E-state index in [1.54, 1.807) is 6.20 Å². The molecule has 1 amide bonds. The van der Waals surface area contributed by atoms with Crippen LogP contribution in [0.4, 0.5) is 0 Å². The third-order valence-electron chi connectivity index (χ3n) is 3.76. The molecule has 0 spiro atoms. The lowest BCUT2D eigenvalue weighted by atomic mass is 9.95. The molecule has 0 aromatic carbocycles. The van der Waals surface area contributed by atoms with Gasteiger partial charge >= 0.3 is 0 Å². The van der Waals surface area contributed by atoms with Gasteiger partial charge in [-0.1, -0.05) is 11.4 Å². The lowest BCUT2D eigenvalue weighted by molar-refractivity contribution is 0.0709. The van der Waals surface area contributed by atoms with E-state index < -0.39 is 0 Å². The average molecular weight is 291 g/mol. The van der Waals surface area contributed by atoms with Gasteiger partial charge in [-0.15, -0.1) is 5.10 Å². The summed E-state index contributed by atoms with van der Waals surface area (Å²) in [6.07, 6.45) is 4.62. The normalized spacial score (nSPS) is 19.2. The molecule has 1 saturated heterocycles. The first-order chi connectivity index (χ1) is 9.79. The minimum absolute atomic E-state index is 0.0704. The lowest BCUT2D eigenvalue weighted by Gasteiger charge is -2.32. The van der Waals surface area contributed by atoms with Crippen molar-refractivity contribution in [3.05, 3.63) is 28.5 Å². The zero-order valence-corrected chi connectivity index (χ0v) is 12.2. The Kier molecular flexibility index (Phi) is 3.77. The van der Waals surface area contributed by atoms with Crippen LogP contribution >= 0.6 is 11.5 Å². The van der Waals surface area contributed by atoms with Crippen molar-refractivity contribution < 1.29 is 4.79 Å². The number of nitrogens with one attached hydrogen (secondary N) is 1. The van der Waals surface area contributed by atoms with Crippen molar-refractivity contribution in [1.29, 1.82) is 0 Å². The molecule has 0 bridgehead atoms. The van der Waals surface area contributed by atoms with Gasteiger partial charge < -0.3 is 4.90 Å². The van der Waals surface area contributed by atoms with Crippen molar-refractivity contribution >= 4 is 17.4 Å². The summed E-state index contributed by atoms with van der Waals surface area (Å²) < 4.78 is 3.91. The third-order valence-corrected chi connectivity index (χ3v) is 4.51. The first-order valence-electron chi connectivity index (χ1n) is 6.89. The standard InChI is InChI=1S/C13H17N5OS/c1-2-10-12(20-17-16-10)13(19)18-7-3-4-9(8-18)11-5-6-14-15-11/h5-6,9H,2-4,7-8H2,1H3,(H,14,15)/t9-/m1/s1. The first kappa shape index (κ1) is 13.2. The molecule has 1 N–H and O–H groups in total. The first-order valence-corrected chi connectivity index (χ1v) is 7.66. The van der Waals surface area contributed by atoms with Gasteiger partial charge in [-0.25, -0.2) is 0 Å². The maximum absolute atomic E-state index is 12.6. The largest absolute Gasteiger partial charge is 0.337 e. The van der Waals surface area contributed by atoms with Crippen LogP contribution in [0.1, 0.15) is 46.7 Å². The Labute approximate surface area is 121 Å². The summed E-state index contributed by atoms with van der Waals surface area (Å²) in [5.41, 5.74) is 1.92. The Morgan fingerprint density at radius 3 is 3.25 bits per heavy atom. The summed E-state index contributed by atoms with van der Waals surface area (Å²) in [6.45, 7) is 3.55. The van der Waals surface area contributed by atoms with Crippen LogP contribution in [0, 0.1) is 0 Å². The Morgan fingerprint density at radius 2 is 2.50 bits per heavy atom. The number of carbonyl (C=O) groups excluding carboxylic acids is 1. The second kappa shape index (κ2) is 5.70. The van der Waals surface area contributed by atoms with Gasteiger partial charge in [-0.2, -0.15) is 5.10 Å². The molecule has 0 radical (unpaired) electrons. The molecule has 2 aromatic rings. The molecule has 3 heterocycles. The highest BCUT2D eigenvalue weighted by Gasteiger charge is 2.28. The zero-order chi connectivity index (χ0) is 13.9. The maximum atomic E-state index is 12.6. The van der Waals surface area contributed by atoms with Crippen LogP contribution in [0.25, 0.3) is 0 Å². The number of amides is 1. The number of hydrogen-bond acceptors (Lipinski definition) is 5. The Morgan fingerprint density at radius 1 is 1.60 bits per heavy atom. The molecular weight excluding hydrogens is 274 g/mol. The number of hydrogen-bond donors (Lipinski definition) is 1. The SMILES string of the molecule is CCc1nnsc1C(=O)N1CCC[C@@H](c2ccn[nH]2)C1. The highest BCUT2D eigenvalue weighted by molar-refractivity contribution is 7.08.